The van der Waals surface area contributed by atoms with Gasteiger partial charge in [-0.15, -0.1) is 6.58 Å². The van der Waals surface area contributed by atoms with Crippen LogP contribution in [0.2, 0.25) is 0 Å². The smallest absolute Gasteiger partial charge is 0.323 e. The van der Waals surface area contributed by atoms with E-state index in [4.69, 9.17) is 10.5 Å². The van der Waals surface area contributed by atoms with Gasteiger partial charge in [-0.1, -0.05) is 6.08 Å². The van der Waals surface area contributed by atoms with Gasteiger partial charge in [-0.3, -0.25) is 0 Å². The van der Waals surface area contributed by atoms with Gasteiger partial charge in [-0.25, -0.2) is 4.68 Å². The van der Waals surface area contributed by atoms with Crippen LogP contribution in [0, 0.1) is 0 Å². The molecule has 0 saturated carbocycles. The highest BCUT2D eigenvalue weighted by molar-refractivity contribution is 5.24. The van der Waals surface area contributed by atoms with Gasteiger partial charge in [0.1, 0.15) is 0 Å². The molecule has 0 radical (unpaired) electrons. The van der Waals surface area contributed by atoms with Gasteiger partial charge in [-0.2, -0.15) is 20.1 Å². The van der Waals surface area contributed by atoms with Crippen molar-refractivity contribution < 1.29 is 4.74 Å². The lowest BCUT2D eigenvalue weighted by Gasteiger charge is -2.05. The van der Waals surface area contributed by atoms with Crippen LogP contribution in [0.5, 0.6) is 6.01 Å². The van der Waals surface area contributed by atoms with E-state index in [1.807, 2.05) is 6.08 Å². The molecule has 0 saturated heterocycles. The van der Waals surface area contributed by atoms with Crippen LogP contribution in [-0.2, 0) is 0 Å². The van der Waals surface area contributed by atoms with Crippen molar-refractivity contribution in [3.63, 3.8) is 0 Å². The van der Waals surface area contributed by atoms with Crippen LogP contribution in [0.15, 0.2) is 31.1 Å². The summed E-state index contributed by atoms with van der Waals surface area (Å²) < 4.78 is 6.89. The van der Waals surface area contributed by atoms with Crippen molar-refractivity contribution in [1.82, 2.24) is 24.7 Å². The minimum Gasteiger partial charge on any atom is -0.463 e. The Hall–Kier alpha value is -2.44. The number of allylic oxidation sites excluding steroid dienone is 1. The van der Waals surface area contributed by atoms with Crippen LogP contribution in [0.25, 0.3) is 5.95 Å². The molecule has 0 aromatic carbocycles. The second-order valence-corrected chi connectivity index (χ2v) is 3.51. The van der Waals surface area contributed by atoms with Crippen LogP contribution in [0.3, 0.4) is 0 Å². The third-order valence-corrected chi connectivity index (χ3v) is 2.11. The van der Waals surface area contributed by atoms with E-state index in [-0.39, 0.29) is 12.0 Å². The van der Waals surface area contributed by atoms with E-state index < -0.39 is 0 Å². The van der Waals surface area contributed by atoms with E-state index in [9.17, 15) is 0 Å². The number of nitrogen functional groups attached to an aromatic ring is 1. The van der Waals surface area contributed by atoms with Crippen molar-refractivity contribution in [2.24, 2.45) is 0 Å². The summed E-state index contributed by atoms with van der Waals surface area (Å²) in [7, 11) is 0. The van der Waals surface area contributed by atoms with E-state index in [0.717, 1.165) is 12.8 Å². The van der Waals surface area contributed by atoms with E-state index in [0.29, 0.717) is 12.6 Å². The first-order valence-electron chi connectivity index (χ1n) is 5.55. The fourth-order valence-corrected chi connectivity index (χ4v) is 1.31. The predicted octanol–water partition coefficient (Wildman–Crippen LogP) is 0.985. The van der Waals surface area contributed by atoms with Crippen molar-refractivity contribution in [2.45, 2.75) is 12.8 Å². The van der Waals surface area contributed by atoms with Crippen molar-refractivity contribution in [2.75, 3.05) is 12.3 Å². The highest BCUT2D eigenvalue weighted by atomic mass is 16.5. The highest BCUT2D eigenvalue weighted by Crippen LogP contribution is 2.08. The SMILES string of the molecule is C=CCCCOc1nc(N)nc(-n2cccn2)n1. The van der Waals surface area contributed by atoms with Crippen molar-refractivity contribution in [3.8, 4) is 12.0 Å². The van der Waals surface area contributed by atoms with Crippen LogP contribution in [0.4, 0.5) is 5.95 Å². The normalized spacial score (nSPS) is 10.2. The molecule has 2 rings (SSSR count). The van der Waals surface area contributed by atoms with E-state index in [2.05, 4.69) is 26.6 Å². The van der Waals surface area contributed by atoms with Crippen molar-refractivity contribution >= 4 is 5.95 Å². The summed E-state index contributed by atoms with van der Waals surface area (Å²) in [4.78, 5) is 12.0. The molecule has 0 unspecified atom stereocenters. The molecule has 0 aliphatic carbocycles. The molecule has 0 bridgehead atoms. The number of aromatic nitrogens is 5. The number of unbranched alkanes of at least 4 members (excludes halogenated alkanes) is 1. The Kier molecular flexibility index (Phi) is 3.85. The van der Waals surface area contributed by atoms with Crippen LogP contribution >= 0.6 is 0 Å². The van der Waals surface area contributed by atoms with Gasteiger partial charge in [-0.05, 0) is 18.9 Å². The maximum Gasteiger partial charge on any atom is 0.323 e. The predicted molar refractivity (Wildman–Crippen MR) is 66.3 cm³/mol. The number of rotatable bonds is 6. The summed E-state index contributed by atoms with van der Waals surface area (Å²) in [5, 5.41) is 4.02. The second kappa shape index (κ2) is 5.76. The Bertz CT molecular complexity index is 510. The van der Waals surface area contributed by atoms with Gasteiger partial charge in [0.25, 0.3) is 5.95 Å². The number of nitrogens with zero attached hydrogens (tertiary/aromatic N) is 5. The Morgan fingerprint density at radius 1 is 1.39 bits per heavy atom. The Morgan fingerprint density at radius 3 is 3.00 bits per heavy atom. The third kappa shape index (κ3) is 3.03. The average Bonchev–Trinajstić information content (AvgIpc) is 2.88. The molecular formula is C11H14N6O. The Balaban J connectivity index is 2.09. The summed E-state index contributed by atoms with van der Waals surface area (Å²) >= 11 is 0. The lowest BCUT2D eigenvalue weighted by molar-refractivity contribution is 0.286. The maximum atomic E-state index is 5.60. The molecule has 0 fully saturated rings. The quantitative estimate of drug-likeness (QED) is 0.603. The van der Waals surface area contributed by atoms with Crippen LogP contribution < -0.4 is 10.5 Å². The lowest BCUT2D eigenvalue weighted by atomic mass is 10.3. The summed E-state index contributed by atoms with van der Waals surface area (Å²) in [6, 6.07) is 1.97. The summed E-state index contributed by atoms with van der Waals surface area (Å²) in [6.45, 7) is 4.15. The highest BCUT2D eigenvalue weighted by Gasteiger charge is 2.07. The van der Waals surface area contributed by atoms with Gasteiger partial charge in [0.05, 0.1) is 6.61 Å². The second-order valence-electron chi connectivity index (χ2n) is 3.51. The zero-order valence-corrected chi connectivity index (χ0v) is 9.86. The number of ether oxygens (including phenoxy) is 1. The average molecular weight is 246 g/mol. The molecule has 0 aliphatic rings. The molecule has 2 aromatic rings. The first-order valence-corrected chi connectivity index (χ1v) is 5.55. The number of hydrogen-bond donors (Lipinski definition) is 1. The van der Waals surface area contributed by atoms with E-state index in [1.165, 1.54) is 4.68 Å². The largest absolute Gasteiger partial charge is 0.463 e. The molecule has 2 N–H and O–H groups in total. The number of nitrogens with two attached hydrogens (primary N) is 1. The third-order valence-electron chi connectivity index (χ3n) is 2.11. The molecule has 7 heteroatoms. The molecule has 2 aromatic heterocycles. The minimum absolute atomic E-state index is 0.106. The van der Waals surface area contributed by atoms with Gasteiger partial charge in [0.15, 0.2) is 0 Å². The molecule has 18 heavy (non-hydrogen) atoms. The van der Waals surface area contributed by atoms with Crippen LogP contribution in [-0.4, -0.2) is 31.3 Å². The molecular weight excluding hydrogens is 232 g/mol. The van der Waals surface area contributed by atoms with Crippen molar-refractivity contribution in [3.05, 3.63) is 31.1 Å². The Labute approximate surface area is 104 Å². The molecule has 0 amide bonds. The topological polar surface area (TPSA) is 91.7 Å². The maximum absolute atomic E-state index is 5.60. The monoisotopic (exact) mass is 246 g/mol. The van der Waals surface area contributed by atoms with Gasteiger partial charge < -0.3 is 10.5 Å². The fraction of sp³-hybridized carbons (Fsp3) is 0.273. The summed E-state index contributed by atoms with van der Waals surface area (Å²) in [6.07, 6.45) is 6.92. The lowest BCUT2D eigenvalue weighted by Crippen LogP contribution is -2.10. The van der Waals surface area contributed by atoms with Crippen molar-refractivity contribution in [1.29, 1.82) is 0 Å². The zero-order chi connectivity index (χ0) is 12.8. The van der Waals surface area contributed by atoms with Crippen LogP contribution in [0.1, 0.15) is 12.8 Å². The first-order chi connectivity index (χ1) is 8.79. The molecule has 94 valence electrons. The standard InChI is InChI=1S/C11H14N6O/c1-2-3-4-8-18-11-15-9(12)14-10(16-11)17-7-5-6-13-17/h2,5-7H,1,3-4,8H2,(H2,12,14,15,16). The number of anilines is 1. The summed E-state index contributed by atoms with van der Waals surface area (Å²) in [5.41, 5.74) is 5.60. The minimum atomic E-state index is 0.106. The first kappa shape index (κ1) is 12.0. The molecule has 0 aliphatic heterocycles. The molecule has 0 spiro atoms. The van der Waals surface area contributed by atoms with E-state index >= 15 is 0 Å². The van der Waals surface area contributed by atoms with Gasteiger partial charge >= 0.3 is 6.01 Å². The fourth-order valence-electron chi connectivity index (χ4n) is 1.31. The van der Waals surface area contributed by atoms with E-state index in [1.54, 1.807) is 18.5 Å². The Morgan fingerprint density at radius 2 is 2.28 bits per heavy atom. The number of hydrogen-bond acceptors (Lipinski definition) is 6. The van der Waals surface area contributed by atoms with Gasteiger partial charge in [0.2, 0.25) is 5.95 Å². The molecule has 0 atom stereocenters. The molecule has 2 heterocycles. The molecule has 7 nitrogen and oxygen atoms in total. The van der Waals surface area contributed by atoms with Gasteiger partial charge in [0, 0.05) is 12.4 Å². The summed E-state index contributed by atoms with van der Waals surface area (Å²) in [5.74, 6) is 0.445. The zero-order valence-electron chi connectivity index (χ0n) is 9.86.